The highest BCUT2D eigenvalue weighted by Gasteiger charge is 2.54. The minimum atomic E-state index is -1.42. The number of benzene rings is 1. The van der Waals surface area contributed by atoms with Crippen LogP contribution in [0.4, 0.5) is 4.79 Å². The van der Waals surface area contributed by atoms with Gasteiger partial charge in [0.05, 0.1) is 0 Å². The highest BCUT2D eigenvalue weighted by atomic mass is 32.2. The van der Waals surface area contributed by atoms with Crippen molar-refractivity contribution in [1.29, 1.82) is 0 Å². The van der Waals surface area contributed by atoms with Crippen molar-refractivity contribution < 1.29 is 39.0 Å². The van der Waals surface area contributed by atoms with E-state index in [4.69, 9.17) is 0 Å². The number of fused-ring (bicyclic) bond motifs is 1. The fraction of sp³-hybridized carbons (Fsp3) is 0.400. The van der Waals surface area contributed by atoms with Crippen LogP contribution in [0, 0.1) is 0 Å². The summed E-state index contributed by atoms with van der Waals surface area (Å²) in [5, 5.41) is 35.6. The first-order chi connectivity index (χ1) is 21.0. The fourth-order valence-corrected chi connectivity index (χ4v) is 7.20. The van der Waals surface area contributed by atoms with Gasteiger partial charge in [-0.1, -0.05) is 23.9 Å². The molecule has 2 aromatic rings. The summed E-state index contributed by atoms with van der Waals surface area (Å²) in [6.45, 7) is 2.04. The summed E-state index contributed by atoms with van der Waals surface area (Å²) in [5.74, 6) is -4.26. The Hall–Kier alpha value is -3.88. The first-order valence-corrected chi connectivity index (χ1v) is 15.3. The number of tetrazole rings is 1. The fourth-order valence-electron chi connectivity index (χ4n) is 4.86. The summed E-state index contributed by atoms with van der Waals surface area (Å²) in [6, 6.07) is 1.84. The van der Waals surface area contributed by atoms with Crippen molar-refractivity contribution in [2.75, 3.05) is 31.1 Å². The lowest BCUT2D eigenvalue weighted by Crippen LogP contribution is -2.71. The number of hydrogen-bond acceptors (Lipinski definition) is 12. The van der Waals surface area contributed by atoms with Crippen LogP contribution in [0.2, 0.25) is 0 Å². The van der Waals surface area contributed by atoms with Gasteiger partial charge in [-0.3, -0.25) is 29.0 Å². The van der Waals surface area contributed by atoms with Gasteiger partial charge in [0.25, 0.3) is 5.91 Å². The van der Waals surface area contributed by atoms with Gasteiger partial charge in [0, 0.05) is 38.2 Å². The molecule has 1 aromatic heterocycles. The lowest BCUT2D eigenvalue weighted by Gasteiger charge is -2.49. The molecule has 17 nitrogen and oxygen atoms in total. The number of phenols is 1. The Bertz CT molecular complexity index is 1570. The number of urea groups is 1. The van der Waals surface area contributed by atoms with Crippen molar-refractivity contribution in [3.8, 4) is 5.75 Å². The van der Waals surface area contributed by atoms with Crippen LogP contribution in [-0.2, 0) is 31.0 Å². The van der Waals surface area contributed by atoms with Gasteiger partial charge < -0.3 is 25.7 Å². The molecule has 0 spiro atoms. The average Bonchev–Trinajstić information content (AvgIpc) is 3.42. The van der Waals surface area contributed by atoms with Crippen LogP contribution < -0.4 is 10.6 Å². The number of nitrogens with one attached hydrogen (secondary N) is 2. The van der Waals surface area contributed by atoms with E-state index in [-0.39, 0.29) is 64.7 Å². The molecule has 2 saturated heterocycles. The van der Waals surface area contributed by atoms with Crippen molar-refractivity contribution in [2.24, 2.45) is 7.05 Å². The molecule has 3 aliphatic heterocycles. The Morgan fingerprint density at radius 1 is 1.13 bits per heavy atom. The van der Waals surface area contributed by atoms with Crippen molar-refractivity contribution in [3.05, 3.63) is 41.1 Å². The van der Waals surface area contributed by atoms with E-state index in [2.05, 4.69) is 26.2 Å². The molecule has 3 atom stereocenters. The van der Waals surface area contributed by atoms with Gasteiger partial charge in [0.15, 0.2) is 0 Å². The number of imide groups is 1. The lowest BCUT2D eigenvalue weighted by molar-refractivity contribution is -0.153. The Balaban J connectivity index is 0.00000461. The second-order valence-corrected chi connectivity index (χ2v) is 11.9. The number of aryl methyl sites for hydroxylation is 1. The number of aliphatic carboxylic acids is 1. The molecule has 1 unspecified atom stereocenters. The number of nitrogens with zero attached hydrogens (tertiary/aromatic N) is 7. The number of amides is 6. The summed E-state index contributed by atoms with van der Waals surface area (Å²) in [4.78, 5) is 80.1. The summed E-state index contributed by atoms with van der Waals surface area (Å²) in [5.41, 5.74) is 0.536. The molecule has 3 aliphatic rings. The number of carboxylic acids is 1. The van der Waals surface area contributed by atoms with E-state index in [0.29, 0.717) is 22.2 Å². The molecule has 1 aromatic carbocycles. The second kappa shape index (κ2) is 14.0. The predicted molar refractivity (Wildman–Crippen MR) is 161 cm³/mol. The highest BCUT2D eigenvalue weighted by molar-refractivity contribution is 8.01. The number of carbonyl (C=O) groups excluding carboxylic acids is 5. The molecule has 4 N–H and O–H groups in total. The Kier molecular flexibility index (Phi) is 10.6. The Morgan fingerprint density at radius 2 is 1.84 bits per heavy atom. The van der Waals surface area contributed by atoms with Crippen molar-refractivity contribution in [3.63, 3.8) is 0 Å². The summed E-state index contributed by atoms with van der Waals surface area (Å²) in [6.07, 6.45) is 0. The Labute approximate surface area is 280 Å². The van der Waals surface area contributed by atoms with Gasteiger partial charge >= 0.3 is 46.9 Å². The van der Waals surface area contributed by atoms with Crippen LogP contribution in [0.3, 0.4) is 0 Å². The molecule has 0 aliphatic carbocycles. The van der Waals surface area contributed by atoms with E-state index in [0.717, 1.165) is 4.90 Å². The van der Waals surface area contributed by atoms with Gasteiger partial charge in [0.2, 0.25) is 11.1 Å². The van der Waals surface area contributed by atoms with E-state index >= 15 is 0 Å². The number of β-lactam (4-membered cyclic amide) rings is 1. The maximum Gasteiger partial charge on any atom is 0.352 e. The number of likely N-dealkylation sites (N-methyl/N-ethyl adjacent to an activating group) is 1. The number of aromatic hydroxyl groups is 1. The molecule has 5 rings (SSSR count). The van der Waals surface area contributed by atoms with E-state index in [1.165, 1.54) is 57.4 Å². The number of piperazine rings is 1. The van der Waals surface area contributed by atoms with E-state index in [1.807, 2.05) is 0 Å². The number of hydrogen-bond donors (Lipinski definition) is 4. The SMILES string of the molecule is CCN1CCN(C(=O)NC(C(=O)N[C@@H]2C(=O)N3C(C(=O)O)=C(CSc4nnnn4C)CS[C@H]23)c2ccc(O)cc2)C(=O)C1=O.[MgH2]. The molecule has 236 valence electrons. The maximum absolute atomic E-state index is 13.6. The largest absolute Gasteiger partial charge is 0.508 e. The third kappa shape index (κ3) is 6.72. The van der Waals surface area contributed by atoms with Gasteiger partial charge in [-0.05, 0) is 40.6 Å². The lowest BCUT2D eigenvalue weighted by atomic mass is 10.0. The average molecular weight is 672 g/mol. The van der Waals surface area contributed by atoms with Crippen LogP contribution in [0.15, 0.2) is 40.7 Å². The van der Waals surface area contributed by atoms with Gasteiger partial charge in [-0.15, -0.1) is 16.9 Å². The summed E-state index contributed by atoms with van der Waals surface area (Å²) >= 11 is 2.49. The minimum Gasteiger partial charge on any atom is -0.508 e. The number of carbonyl (C=O) groups is 6. The second-order valence-electron chi connectivity index (χ2n) is 9.84. The molecular formula is C25H29MgN9O8S2. The van der Waals surface area contributed by atoms with Gasteiger partial charge in [0.1, 0.15) is 28.9 Å². The molecule has 0 saturated carbocycles. The zero-order chi connectivity index (χ0) is 31.7. The molecule has 0 bridgehead atoms. The van der Waals surface area contributed by atoms with Crippen molar-refractivity contribution >= 4 is 82.2 Å². The van der Waals surface area contributed by atoms with Crippen molar-refractivity contribution in [1.82, 2.24) is 45.5 Å². The molecular weight excluding hydrogens is 643 g/mol. The molecule has 20 heteroatoms. The molecule has 45 heavy (non-hydrogen) atoms. The molecule has 4 heterocycles. The monoisotopic (exact) mass is 671 g/mol. The molecule has 2 fully saturated rings. The normalized spacial score (nSPS) is 20.2. The number of carboxylic acid groups (broad SMARTS) is 1. The van der Waals surface area contributed by atoms with E-state index in [9.17, 15) is 39.0 Å². The van der Waals surface area contributed by atoms with Crippen LogP contribution in [0.25, 0.3) is 0 Å². The van der Waals surface area contributed by atoms with Crippen LogP contribution in [-0.4, -0.2) is 146 Å². The zero-order valence-electron chi connectivity index (χ0n) is 23.4. The Morgan fingerprint density at radius 3 is 2.47 bits per heavy atom. The maximum atomic E-state index is 13.6. The number of rotatable bonds is 9. The van der Waals surface area contributed by atoms with Crippen LogP contribution in [0.5, 0.6) is 5.75 Å². The smallest absolute Gasteiger partial charge is 0.352 e. The van der Waals surface area contributed by atoms with Crippen LogP contribution in [0.1, 0.15) is 18.5 Å². The first kappa shape index (κ1) is 34.0. The zero-order valence-corrected chi connectivity index (χ0v) is 25.0. The minimum absolute atomic E-state index is 0. The quantitative estimate of drug-likeness (QED) is 0.0979. The molecule has 0 radical (unpaired) electrons. The summed E-state index contributed by atoms with van der Waals surface area (Å²) < 4.78 is 1.44. The van der Waals surface area contributed by atoms with E-state index in [1.54, 1.807) is 14.0 Å². The first-order valence-electron chi connectivity index (χ1n) is 13.3. The summed E-state index contributed by atoms with van der Waals surface area (Å²) in [7, 11) is 1.64. The standard InChI is InChI=1S/C25H27N9O8S2.Mg.2H/c1-3-32-8-9-33(21(39)20(32)38)24(42)27-15(12-4-6-14(35)7-5-12)18(36)26-16-19(37)34-17(23(40)41)13(10-43-22(16)34)11-44-25-28-29-30-31(25)2;;;/h4-7,15-16,22,35H,3,8-11H2,1-2H3,(H,26,36)(H,27,42)(H,40,41);;;/t15?,16-,22-;;;/m1.../s1. The number of phenolic OH excluding ortho intramolecular Hbond substituents is 1. The number of thioether (sulfide) groups is 2. The van der Waals surface area contributed by atoms with Gasteiger partial charge in [-0.25, -0.2) is 14.3 Å². The van der Waals surface area contributed by atoms with Gasteiger partial charge in [-0.2, -0.15) is 0 Å². The van der Waals surface area contributed by atoms with Crippen LogP contribution >= 0.6 is 23.5 Å². The predicted octanol–water partition coefficient (Wildman–Crippen LogP) is -2.03. The molecule has 6 amide bonds. The van der Waals surface area contributed by atoms with Crippen molar-refractivity contribution in [2.45, 2.75) is 29.5 Å². The van der Waals surface area contributed by atoms with E-state index < -0.39 is 53.1 Å². The topological polar surface area (TPSA) is 220 Å². The third-order valence-corrected chi connectivity index (χ3v) is 9.63. The highest BCUT2D eigenvalue weighted by Crippen LogP contribution is 2.41. The number of aromatic nitrogens is 4. The third-order valence-electron chi connectivity index (χ3n) is 7.20.